The molecule has 0 aromatic rings. The number of rotatable bonds is 9. The Kier molecular flexibility index (Phi) is 8.30. The van der Waals surface area contributed by atoms with Crippen LogP contribution in [0.15, 0.2) is 0 Å². The van der Waals surface area contributed by atoms with Gasteiger partial charge in [-0.25, -0.2) is 0 Å². The summed E-state index contributed by atoms with van der Waals surface area (Å²) in [6, 6.07) is 0.372. The first kappa shape index (κ1) is 17.9. The van der Waals surface area contributed by atoms with Gasteiger partial charge in [0.05, 0.1) is 13.2 Å². The molecule has 1 aliphatic heterocycles. The van der Waals surface area contributed by atoms with Gasteiger partial charge in [0.1, 0.15) is 0 Å². The van der Waals surface area contributed by atoms with E-state index in [0.717, 1.165) is 19.5 Å². The van der Waals surface area contributed by atoms with Gasteiger partial charge >= 0.3 is 5.97 Å². The minimum Gasteiger partial charge on any atom is -0.481 e. The third-order valence-corrected chi connectivity index (χ3v) is 3.77. The van der Waals surface area contributed by atoms with E-state index in [1.54, 1.807) is 0 Å². The van der Waals surface area contributed by atoms with E-state index < -0.39 is 5.97 Å². The Morgan fingerprint density at radius 2 is 1.71 bits per heavy atom. The zero-order valence-corrected chi connectivity index (χ0v) is 13.2. The van der Waals surface area contributed by atoms with Crippen molar-refractivity contribution in [2.45, 2.75) is 45.6 Å². The topological polar surface area (TPSA) is 70.1 Å². The van der Waals surface area contributed by atoms with E-state index in [4.69, 9.17) is 9.84 Å². The molecule has 0 radical (unpaired) electrons. The molecule has 0 spiro atoms. The Morgan fingerprint density at radius 3 is 2.24 bits per heavy atom. The predicted molar refractivity (Wildman–Crippen MR) is 80.2 cm³/mol. The van der Waals surface area contributed by atoms with Crippen LogP contribution in [0.5, 0.6) is 0 Å². The first-order valence-electron chi connectivity index (χ1n) is 7.82. The molecule has 0 atom stereocenters. The molecule has 0 bridgehead atoms. The lowest BCUT2D eigenvalue weighted by Gasteiger charge is -2.28. The van der Waals surface area contributed by atoms with Crippen molar-refractivity contribution in [2.75, 3.05) is 39.4 Å². The van der Waals surface area contributed by atoms with E-state index >= 15 is 0 Å². The normalized spacial score (nSPS) is 15.7. The molecule has 1 rings (SSSR count). The molecule has 0 aromatic heterocycles. The van der Waals surface area contributed by atoms with Crippen LogP contribution in [0.1, 0.15) is 39.5 Å². The van der Waals surface area contributed by atoms with Gasteiger partial charge in [-0.15, -0.1) is 0 Å². The number of carboxylic acid groups (broad SMARTS) is 1. The third kappa shape index (κ3) is 7.43. The number of carbonyl (C=O) groups is 2. The summed E-state index contributed by atoms with van der Waals surface area (Å²) in [7, 11) is 0. The lowest BCUT2D eigenvalue weighted by atomic mass is 10.2. The highest BCUT2D eigenvalue weighted by Gasteiger charge is 2.17. The summed E-state index contributed by atoms with van der Waals surface area (Å²) in [6.45, 7) is 8.49. The van der Waals surface area contributed by atoms with E-state index in [-0.39, 0.29) is 12.3 Å². The summed E-state index contributed by atoms with van der Waals surface area (Å²) in [6.07, 6.45) is 2.24. The number of nitrogens with zero attached hydrogens (tertiary/aromatic N) is 2. The van der Waals surface area contributed by atoms with Gasteiger partial charge in [-0.2, -0.15) is 0 Å². The second-order valence-electron chi connectivity index (χ2n) is 5.72. The number of carboxylic acids is 1. The molecular weight excluding hydrogens is 272 g/mol. The summed E-state index contributed by atoms with van der Waals surface area (Å²) in [4.78, 5) is 26.7. The minimum absolute atomic E-state index is 0.201. The van der Waals surface area contributed by atoms with Crippen molar-refractivity contribution in [1.29, 1.82) is 0 Å². The van der Waals surface area contributed by atoms with E-state index in [9.17, 15) is 9.59 Å². The summed E-state index contributed by atoms with van der Waals surface area (Å²) in [5.74, 6) is -0.547. The zero-order valence-electron chi connectivity index (χ0n) is 13.2. The average molecular weight is 300 g/mol. The molecule has 0 saturated carbocycles. The predicted octanol–water partition coefficient (Wildman–Crippen LogP) is 1.20. The van der Waals surface area contributed by atoms with E-state index in [1.807, 2.05) is 4.90 Å². The number of carbonyl (C=O) groups excluding carboxylic acids is 1. The number of amides is 1. The third-order valence-electron chi connectivity index (χ3n) is 3.77. The van der Waals surface area contributed by atoms with E-state index in [2.05, 4.69) is 18.7 Å². The molecule has 0 unspecified atom stereocenters. The van der Waals surface area contributed by atoms with Crippen molar-refractivity contribution in [1.82, 2.24) is 9.80 Å². The highest BCUT2D eigenvalue weighted by atomic mass is 16.5. The Bertz CT molecular complexity index is 328. The molecule has 1 aliphatic rings. The monoisotopic (exact) mass is 300 g/mol. The largest absolute Gasteiger partial charge is 0.481 e. The molecule has 6 nitrogen and oxygen atoms in total. The van der Waals surface area contributed by atoms with Crippen molar-refractivity contribution in [2.24, 2.45) is 0 Å². The van der Waals surface area contributed by atoms with Crippen LogP contribution in [-0.4, -0.2) is 72.2 Å². The smallest absolute Gasteiger partial charge is 0.303 e. The van der Waals surface area contributed by atoms with Gasteiger partial charge in [0.2, 0.25) is 5.91 Å². The SMILES string of the molecule is CC(C)N(CCCC(=O)O)CCCC(=O)N1CCOCC1. The Morgan fingerprint density at radius 1 is 1.14 bits per heavy atom. The molecule has 1 heterocycles. The summed E-state index contributed by atoms with van der Waals surface area (Å²) < 4.78 is 5.24. The fraction of sp³-hybridized carbons (Fsp3) is 0.867. The zero-order chi connectivity index (χ0) is 15.7. The molecule has 122 valence electrons. The van der Waals surface area contributed by atoms with Gasteiger partial charge in [0, 0.05) is 32.0 Å². The number of hydrogen-bond acceptors (Lipinski definition) is 4. The average Bonchev–Trinajstić information content (AvgIpc) is 2.45. The van der Waals surface area contributed by atoms with Crippen LogP contribution in [-0.2, 0) is 14.3 Å². The molecule has 6 heteroatoms. The van der Waals surface area contributed by atoms with Crippen molar-refractivity contribution in [3.05, 3.63) is 0 Å². The van der Waals surface area contributed by atoms with Gasteiger partial charge in [-0.3, -0.25) is 9.59 Å². The first-order valence-corrected chi connectivity index (χ1v) is 7.82. The van der Waals surface area contributed by atoms with Gasteiger partial charge in [-0.1, -0.05) is 0 Å². The van der Waals surface area contributed by atoms with Gasteiger partial charge in [0.25, 0.3) is 0 Å². The summed E-state index contributed by atoms with van der Waals surface area (Å²) >= 11 is 0. The Labute approximate surface area is 127 Å². The minimum atomic E-state index is -0.749. The number of ether oxygens (including phenoxy) is 1. The standard InChI is InChI=1S/C15H28N2O4/c1-13(2)16(8-4-6-15(19)20)7-3-5-14(18)17-9-11-21-12-10-17/h13H,3-12H2,1-2H3,(H,19,20). The maximum absolute atomic E-state index is 12.0. The fourth-order valence-electron chi connectivity index (χ4n) is 2.47. The van der Waals surface area contributed by atoms with Crippen molar-refractivity contribution in [3.8, 4) is 0 Å². The molecule has 1 fully saturated rings. The number of hydrogen-bond donors (Lipinski definition) is 1. The fourth-order valence-corrected chi connectivity index (χ4v) is 2.47. The van der Waals surface area contributed by atoms with Crippen LogP contribution < -0.4 is 0 Å². The van der Waals surface area contributed by atoms with Gasteiger partial charge in [-0.05, 0) is 39.8 Å². The summed E-state index contributed by atoms with van der Waals surface area (Å²) in [5.41, 5.74) is 0. The van der Waals surface area contributed by atoms with E-state index in [0.29, 0.717) is 45.2 Å². The second kappa shape index (κ2) is 9.73. The molecule has 0 aromatic carbocycles. The first-order chi connectivity index (χ1) is 10.0. The van der Waals surface area contributed by atoms with Crippen LogP contribution >= 0.6 is 0 Å². The van der Waals surface area contributed by atoms with Crippen molar-refractivity contribution < 1.29 is 19.4 Å². The molecule has 1 amide bonds. The Balaban J connectivity index is 2.22. The number of morpholine rings is 1. The van der Waals surface area contributed by atoms with Crippen LogP contribution in [0, 0.1) is 0 Å². The lowest BCUT2D eigenvalue weighted by molar-refractivity contribution is -0.137. The quantitative estimate of drug-likeness (QED) is 0.693. The van der Waals surface area contributed by atoms with Gasteiger partial charge < -0.3 is 19.6 Å². The molecular formula is C15H28N2O4. The van der Waals surface area contributed by atoms with Crippen LogP contribution in [0.25, 0.3) is 0 Å². The lowest BCUT2D eigenvalue weighted by Crippen LogP contribution is -2.41. The maximum atomic E-state index is 12.0. The summed E-state index contributed by atoms with van der Waals surface area (Å²) in [5, 5.41) is 8.68. The second-order valence-corrected chi connectivity index (χ2v) is 5.72. The molecule has 0 aliphatic carbocycles. The van der Waals surface area contributed by atoms with Gasteiger partial charge in [0.15, 0.2) is 0 Å². The van der Waals surface area contributed by atoms with E-state index in [1.165, 1.54) is 0 Å². The van der Waals surface area contributed by atoms with Crippen LogP contribution in [0.4, 0.5) is 0 Å². The molecule has 1 N–H and O–H groups in total. The van der Waals surface area contributed by atoms with Crippen molar-refractivity contribution in [3.63, 3.8) is 0 Å². The highest BCUT2D eigenvalue weighted by molar-refractivity contribution is 5.76. The molecule has 21 heavy (non-hydrogen) atoms. The van der Waals surface area contributed by atoms with Crippen LogP contribution in [0.3, 0.4) is 0 Å². The van der Waals surface area contributed by atoms with Crippen molar-refractivity contribution >= 4 is 11.9 Å². The van der Waals surface area contributed by atoms with Crippen LogP contribution in [0.2, 0.25) is 0 Å². The number of aliphatic carboxylic acids is 1. The maximum Gasteiger partial charge on any atom is 0.303 e. The molecule has 1 saturated heterocycles. The Hall–Kier alpha value is -1.14. The highest BCUT2D eigenvalue weighted by Crippen LogP contribution is 2.07.